The molecule has 1 aromatic rings. The molecule has 0 unspecified atom stereocenters. The van der Waals surface area contributed by atoms with E-state index in [4.69, 9.17) is 17.3 Å². The van der Waals surface area contributed by atoms with Gasteiger partial charge in [-0.1, -0.05) is 17.7 Å². The fraction of sp³-hybridized carbons (Fsp3) is 0.111. The van der Waals surface area contributed by atoms with Crippen LogP contribution in [-0.4, -0.2) is 5.75 Å². The lowest BCUT2D eigenvalue weighted by Crippen LogP contribution is -1.87. The van der Waals surface area contributed by atoms with Crippen molar-refractivity contribution in [1.29, 1.82) is 0 Å². The van der Waals surface area contributed by atoms with Crippen LogP contribution in [0, 0.1) is 0 Å². The average Bonchev–Trinajstić information content (AvgIpc) is 2.03. The van der Waals surface area contributed by atoms with E-state index < -0.39 is 0 Å². The van der Waals surface area contributed by atoms with E-state index in [9.17, 15) is 0 Å². The molecule has 64 valence electrons. The number of rotatable bonds is 3. The van der Waals surface area contributed by atoms with Gasteiger partial charge in [0.2, 0.25) is 0 Å². The van der Waals surface area contributed by atoms with Gasteiger partial charge in [0.05, 0.1) is 0 Å². The highest BCUT2D eigenvalue weighted by atomic mass is 35.5. The zero-order chi connectivity index (χ0) is 8.97. The monoisotopic (exact) mass is 199 g/mol. The summed E-state index contributed by atoms with van der Waals surface area (Å²) in [5, 5.41) is 0.676. The molecule has 0 aliphatic heterocycles. The predicted molar refractivity (Wildman–Crippen MR) is 56.8 cm³/mol. The fourth-order valence-electron chi connectivity index (χ4n) is 0.799. The van der Waals surface area contributed by atoms with Crippen molar-refractivity contribution in [1.82, 2.24) is 0 Å². The number of nitrogen functional groups attached to an aromatic ring is 1. The quantitative estimate of drug-likeness (QED) is 0.460. The third kappa shape index (κ3) is 2.47. The summed E-state index contributed by atoms with van der Waals surface area (Å²) in [6.07, 6.45) is 1.85. The molecule has 0 heterocycles. The Labute approximate surface area is 81.6 Å². The van der Waals surface area contributed by atoms with Crippen molar-refractivity contribution < 1.29 is 0 Å². The number of anilines is 1. The van der Waals surface area contributed by atoms with Crippen LogP contribution in [0.1, 0.15) is 0 Å². The maximum absolute atomic E-state index is 5.74. The normalized spacial score (nSPS) is 9.75. The molecule has 0 amide bonds. The van der Waals surface area contributed by atoms with Gasteiger partial charge in [-0.15, -0.1) is 18.3 Å². The van der Waals surface area contributed by atoms with E-state index in [0.29, 0.717) is 5.02 Å². The van der Waals surface area contributed by atoms with Gasteiger partial charge in [-0.05, 0) is 18.2 Å². The molecule has 0 saturated carbocycles. The Morgan fingerprint density at radius 1 is 1.58 bits per heavy atom. The van der Waals surface area contributed by atoms with Crippen molar-refractivity contribution in [2.45, 2.75) is 4.90 Å². The highest BCUT2D eigenvalue weighted by Gasteiger charge is 1.98. The lowest BCUT2D eigenvalue weighted by Gasteiger charge is -2.02. The van der Waals surface area contributed by atoms with Crippen molar-refractivity contribution in [2.75, 3.05) is 11.5 Å². The number of hydrogen-bond donors (Lipinski definition) is 1. The molecule has 0 radical (unpaired) electrons. The van der Waals surface area contributed by atoms with Crippen LogP contribution >= 0.6 is 23.4 Å². The van der Waals surface area contributed by atoms with E-state index in [-0.39, 0.29) is 0 Å². The molecule has 12 heavy (non-hydrogen) atoms. The third-order valence-electron chi connectivity index (χ3n) is 1.33. The van der Waals surface area contributed by atoms with Gasteiger partial charge in [-0.25, -0.2) is 0 Å². The molecule has 0 atom stereocenters. The lowest BCUT2D eigenvalue weighted by molar-refractivity contribution is 1.46. The van der Waals surface area contributed by atoms with Gasteiger partial charge in [0.15, 0.2) is 0 Å². The van der Waals surface area contributed by atoms with Crippen LogP contribution in [-0.2, 0) is 0 Å². The molecule has 0 bridgehead atoms. The molecule has 0 spiro atoms. The SMILES string of the molecule is C=CCSc1ccc(Cl)cc1N. The number of hydrogen-bond acceptors (Lipinski definition) is 2. The van der Waals surface area contributed by atoms with Crippen LogP contribution in [0.15, 0.2) is 35.7 Å². The predicted octanol–water partition coefficient (Wildman–Crippen LogP) is 3.20. The van der Waals surface area contributed by atoms with Crippen LogP contribution in [0.25, 0.3) is 0 Å². The minimum Gasteiger partial charge on any atom is -0.398 e. The molecule has 1 rings (SSSR count). The van der Waals surface area contributed by atoms with Crippen LogP contribution < -0.4 is 5.73 Å². The van der Waals surface area contributed by atoms with E-state index in [1.165, 1.54) is 0 Å². The van der Waals surface area contributed by atoms with E-state index in [1.54, 1.807) is 17.8 Å². The largest absolute Gasteiger partial charge is 0.398 e. The Kier molecular flexibility index (Phi) is 3.50. The van der Waals surface area contributed by atoms with Crippen molar-refractivity contribution in [2.24, 2.45) is 0 Å². The molecular weight excluding hydrogens is 190 g/mol. The second-order valence-corrected chi connectivity index (χ2v) is 3.78. The standard InChI is InChI=1S/C9H10ClNS/c1-2-5-12-9-4-3-7(10)6-8(9)11/h2-4,6H,1,5,11H2. The molecular formula is C9H10ClNS. The zero-order valence-corrected chi connectivity index (χ0v) is 8.16. The Hall–Kier alpha value is -0.600. The maximum atomic E-state index is 5.74. The van der Waals surface area contributed by atoms with Gasteiger partial charge < -0.3 is 5.73 Å². The summed E-state index contributed by atoms with van der Waals surface area (Å²) in [6, 6.07) is 5.52. The number of benzene rings is 1. The van der Waals surface area contributed by atoms with E-state index in [1.807, 2.05) is 18.2 Å². The number of nitrogens with two attached hydrogens (primary N) is 1. The highest BCUT2D eigenvalue weighted by Crippen LogP contribution is 2.27. The third-order valence-corrected chi connectivity index (χ3v) is 2.65. The van der Waals surface area contributed by atoms with Crippen LogP contribution in [0.2, 0.25) is 5.02 Å². The van der Waals surface area contributed by atoms with Gasteiger partial charge in [-0.2, -0.15) is 0 Å². The first-order valence-corrected chi connectivity index (χ1v) is 4.89. The van der Waals surface area contributed by atoms with E-state index >= 15 is 0 Å². The van der Waals surface area contributed by atoms with Crippen molar-refractivity contribution in [3.63, 3.8) is 0 Å². The minimum atomic E-state index is 0.676. The lowest BCUT2D eigenvalue weighted by atomic mass is 10.3. The highest BCUT2D eigenvalue weighted by molar-refractivity contribution is 7.99. The molecule has 0 saturated heterocycles. The first kappa shape index (κ1) is 9.49. The first-order valence-electron chi connectivity index (χ1n) is 3.52. The molecule has 1 aromatic carbocycles. The van der Waals surface area contributed by atoms with Gasteiger partial charge >= 0.3 is 0 Å². The Balaban J connectivity index is 2.78. The zero-order valence-electron chi connectivity index (χ0n) is 6.59. The van der Waals surface area contributed by atoms with Crippen LogP contribution in [0.4, 0.5) is 5.69 Å². The summed E-state index contributed by atoms with van der Waals surface area (Å²) in [6.45, 7) is 3.64. The van der Waals surface area contributed by atoms with Gasteiger partial charge in [-0.3, -0.25) is 0 Å². The number of thioether (sulfide) groups is 1. The molecule has 0 fully saturated rings. The average molecular weight is 200 g/mol. The van der Waals surface area contributed by atoms with E-state index in [2.05, 4.69) is 6.58 Å². The summed E-state index contributed by atoms with van der Waals surface area (Å²) in [7, 11) is 0. The van der Waals surface area contributed by atoms with Crippen LogP contribution in [0.5, 0.6) is 0 Å². The summed E-state index contributed by atoms with van der Waals surface area (Å²) < 4.78 is 0. The Bertz CT molecular complexity index is 286. The smallest absolute Gasteiger partial charge is 0.0467 e. The summed E-state index contributed by atoms with van der Waals surface area (Å²) in [4.78, 5) is 1.05. The molecule has 1 nitrogen and oxygen atoms in total. The summed E-state index contributed by atoms with van der Waals surface area (Å²) in [5.74, 6) is 0.867. The summed E-state index contributed by atoms with van der Waals surface area (Å²) in [5.41, 5.74) is 6.45. The second-order valence-electron chi connectivity index (χ2n) is 2.28. The Morgan fingerprint density at radius 3 is 2.92 bits per heavy atom. The van der Waals surface area contributed by atoms with Gasteiger partial charge in [0, 0.05) is 21.4 Å². The topological polar surface area (TPSA) is 26.0 Å². The molecule has 0 aliphatic carbocycles. The van der Waals surface area contributed by atoms with Gasteiger partial charge in [0.25, 0.3) is 0 Å². The van der Waals surface area contributed by atoms with Gasteiger partial charge in [0.1, 0.15) is 0 Å². The molecule has 3 heteroatoms. The Morgan fingerprint density at radius 2 is 2.33 bits per heavy atom. The van der Waals surface area contributed by atoms with Crippen LogP contribution in [0.3, 0.4) is 0 Å². The van der Waals surface area contributed by atoms with Crippen molar-refractivity contribution >= 4 is 29.1 Å². The van der Waals surface area contributed by atoms with E-state index in [0.717, 1.165) is 16.3 Å². The molecule has 0 aliphatic rings. The summed E-state index contributed by atoms with van der Waals surface area (Å²) >= 11 is 7.40. The second kappa shape index (κ2) is 4.43. The fourth-order valence-corrected chi connectivity index (χ4v) is 1.67. The minimum absolute atomic E-state index is 0.676. The molecule has 2 N–H and O–H groups in total. The van der Waals surface area contributed by atoms with Crippen molar-refractivity contribution in [3.8, 4) is 0 Å². The first-order chi connectivity index (χ1) is 5.74. The molecule has 0 aromatic heterocycles. The van der Waals surface area contributed by atoms with Crippen molar-refractivity contribution in [3.05, 3.63) is 35.9 Å². The number of halogens is 1. The maximum Gasteiger partial charge on any atom is 0.0467 e.